The second-order valence-electron chi connectivity index (χ2n) is 6.18. The van der Waals surface area contributed by atoms with E-state index >= 15 is 0 Å². The molecule has 6 heteroatoms. The first kappa shape index (κ1) is 19.6. The lowest BCUT2D eigenvalue weighted by atomic mass is 10.1. The van der Waals surface area contributed by atoms with Crippen molar-refractivity contribution in [3.05, 3.63) is 58.4 Å². The highest BCUT2D eigenvalue weighted by atomic mass is 16.5. The standard InChI is InChI=1S/C22H26N2O4/c1-4-26-17-8-7-15-11-16(22(25)24-20(15)12-17)14-23-19-10-9-18(27-5-2)13-21(19)28-6-3/h7-13,23H,4-6,14H2,1-3H3,(H,24,25). The van der Waals surface area contributed by atoms with E-state index in [2.05, 4.69) is 10.3 Å². The zero-order chi connectivity index (χ0) is 19.9. The molecule has 0 atom stereocenters. The van der Waals surface area contributed by atoms with Crippen LogP contribution in [0, 0.1) is 0 Å². The molecule has 0 spiro atoms. The highest BCUT2D eigenvalue weighted by molar-refractivity contribution is 5.80. The first-order chi connectivity index (χ1) is 13.6. The smallest absolute Gasteiger partial charge is 0.253 e. The summed E-state index contributed by atoms with van der Waals surface area (Å²) in [5, 5.41) is 4.25. The van der Waals surface area contributed by atoms with Gasteiger partial charge in [-0.15, -0.1) is 0 Å². The molecule has 6 nitrogen and oxygen atoms in total. The topological polar surface area (TPSA) is 72.6 Å². The number of hydrogen-bond acceptors (Lipinski definition) is 5. The Hall–Kier alpha value is -3.15. The number of hydrogen-bond donors (Lipinski definition) is 2. The van der Waals surface area contributed by atoms with Crippen LogP contribution in [0.25, 0.3) is 10.9 Å². The van der Waals surface area contributed by atoms with Gasteiger partial charge in [0, 0.05) is 24.2 Å². The zero-order valence-electron chi connectivity index (χ0n) is 16.5. The van der Waals surface area contributed by atoms with Gasteiger partial charge in [-0.25, -0.2) is 0 Å². The molecule has 2 N–H and O–H groups in total. The second kappa shape index (κ2) is 9.17. The van der Waals surface area contributed by atoms with Crippen LogP contribution in [-0.4, -0.2) is 24.8 Å². The quantitative estimate of drug-likeness (QED) is 0.576. The van der Waals surface area contributed by atoms with Crippen LogP contribution in [0.3, 0.4) is 0 Å². The molecule has 148 valence electrons. The third-order valence-corrected chi connectivity index (χ3v) is 4.24. The van der Waals surface area contributed by atoms with E-state index in [1.54, 1.807) is 0 Å². The van der Waals surface area contributed by atoms with Gasteiger partial charge in [0.15, 0.2) is 0 Å². The highest BCUT2D eigenvalue weighted by Crippen LogP contribution is 2.30. The average molecular weight is 382 g/mol. The maximum Gasteiger partial charge on any atom is 0.253 e. The molecule has 0 aliphatic carbocycles. The van der Waals surface area contributed by atoms with E-state index < -0.39 is 0 Å². The fourth-order valence-corrected chi connectivity index (χ4v) is 2.98. The van der Waals surface area contributed by atoms with Gasteiger partial charge in [0.05, 0.1) is 31.0 Å². The molecule has 0 amide bonds. The Labute approximate surface area is 164 Å². The molecule has 0 saturated heterocycles. The van der Waals surface area contributed by atoms with Gasteiger partial charge >= 0.3 is 0 Å². The highest BCUT2D eigenvalue weighted by Gasteiger charge is 2.09. The van der Waals surface area contributed by atoms with E-state index in [0.717, 1.165) is 28.1 Å². The van der Waals surface area contributed by atoms with E-state index in [0.29, 0.717) is 37.7 Å². The maximum absolute atomic E-state index is 12.5. The van der Waals surface area contributed by atoms with Crippen LogP contribution in [0.1, 0.15) is 26.3 Å². The van der Waals surface area contributed by atoms with Gasteiger partial charge in [-0.2, -0.15) is 0 Å². The zero-order valence-corrected chi connectivity index (χ0v) is 16.5. The normalized spacial score (nSPS) is 10.7. The monoisotopic (exact) mass is 382 g/mol. The minimum absolute atomic E-state index is 0.127. The van der Waals surface area contributed by atoms with Gasteiger partial charge in [-0.1, -0.05) is 0 Å². The molecule has 0 aliphatic rings. The summed E-state index contributed by atoms with van der Waals surface area (Å²) in [6.45, 7) is 7.91. The van der Waals surface area contributed by atoms with Crippen molar-refractivity contribution in [1.29, 1.82) is 0 Å². The third-order valence-electron chi connectivity index (χ3n) is 4.24. The minimum atomic E-state index is -0.127. The van der Waals surface area contributed by atoms with Crippen LogP contribution in [0.15, 0.2) is 47.3 Å². The predicted molar refractivity (Wildman–Crippen MR) is 112 cm³/mol. The molecule has 0 unspecified atom stereocenters. The number of benzene rings is 2. The fourth-order valence-electron chi connectivity index (χ4n) is 2.98. The van der Waals surface area contributed by atoms with Gasteiger partial charge in [-0.3, -0.25) is 4.79 Å². The second-order valence-corrected chi connectivity index (χ2v) is 6.18. The molecule has 0 aliphatic heterocycles. The molecule has 0 saturated carbocycles. The lowest BCUT2D eigenvalue weighted by molar-refractivity contribution is 0.324. The number of rotatable bonds is 9. The van der Waals surface area contributed by atoms with Crippen LogP contribution in [0.2, 0.25) is 0 Å². The molecule has 1 heterocycles. The van der Waals surface area contributed by atoms with E-state index in [9.17, 15) is 4.79 Å². The van der Waals surface area contributed by atoms with Crippen molar-refractivity contribution >= 4 is 16.6 Å². The van der Waals surface area contributed by atoms with Gasteiger partial charge < -0.3 is 24.5 Å². The molecule has 3 rings (SSSR count). The summed E-state index contributed by atoms with van der Waals surface area (Å²) in [7, 11) is 0. The van der Waals surface area contributed by atoms with E-state index in [1.807, 2.05) is 63.2 Å². The van der Waals surface area contributed by atoms with Gasteiger partial charge in [0.1, 0.15) is 17.2 Å². The van der Waals surface area contributed by atoms with Gasteiger partial charge in [-0.05, 0) is 56.5 Å². The third kappa shape index (κ3) is 4.57. The summed E-state index contributed by atoms with van der Waals surface area (Å²) in [5.41, 5.74) is 2.10. The fraction of sp³-hybridized carbons (Fsp3) is 0.318. The van der Waals surface area contributed by atoms with Crippen LogP contribution in [-0.2, 0) is 6.54 Å². The first-order valence-corrected chi connectivity index (χ1v) is 9.56. The maximum atomic E-state index is 12.5. The number of aromatic nitrogens is 1. The Kier molecular flexibility index (Phi) is 6.42. The SMILES string of the molecule is CCOc1ccc(NCc2cc3ccc(OCC)cc3[nH]c2=O)c(OCC)c1. The van der Waals surface area contributed by atoms with Crippen molar-refractivity contribution in [3.8, 4) is 17.2 Å². The van der Waals surface area contributed by atoms with Crippen LogP contribution in [0.5, 0.6) is 17.2 Å². The summed E-state index contributed by atoms with van der Waals surface area (Å²) < 4.78 is 16.7. The lowest BCUT2D eigenvalue weighted by Gasteiger charge is -2.14. The number of anilines is 1. The number of nitrogens with one attached hydrogen (secondary N) is 2. The number of H-pyrrole nitrogens is 1. The Morgan fingerprint density at radius 2 is 1.54 bits per heavy atom. The Balaban J connectivity index is 1.82. The molecule has 0 radical (unpaired) electrons. The van der Waals surface area contributed by atoms with E-state index in [1.165, 1.54) is 0 Å². The predicted octanol–water partition coefficient (Wildman–Crippen LogP) is 4.34. The van der Waals surface area contributed by atoms with Crippen molar-refractivity contribution < 1.29 is 14.2 Å². The number of ether oxygens (including phenoxy) is 3. The van der Waals surface area contributed by atoms with Crippen molar-refractivity contribution in [1.82, 2.24) is 4.98 Å². The van der Waals surface area contributed by atoms with Crippen molar-refractivity contribution in [2.75, 3.05) is 25.1 Å². The summed E-state index contributed by atoms with van der Waals surface area (Å²) >= 11 is 0. The molecule has 1 aromatic heterocycles. The lowest BCUT2D eigenvalue weighted by Crippen LogP contribution is -2.16. The Morgan fingerprint density at radius 1 is 0.857 bits per heavy atom. The summed E-state index contributed by atoms with van der Waals surface area (Å²) in [5.74, 6) is 2.20. The number of fused-ring (bicyclic) bond motifs is 1. The molecule has 2 aromatic carbocycles. The van der Waals surface area contributed by atoms with Crippen molar-refractivity contribution in [2.45, 2.75) is 27.3 Å². The van der Waals surface area contributed by atoms with Crippen LogP contribution >= 0.6 is 0 Å². The molecule has 0 fully saturated rings. The summed E-state index contributed by atoms with van der Waals surface area (Å²) in [6, 6.07) is 13.2. The Morgan fingerprint density at radius 3 is 2.25 bits per heavy atom. The van der Waals surface area contributed by atoms with E-state index in [4.69, 9.17) is 14.2 Å². The minimum Gasteiger partial charge on any atom is -0.494 e. The van der Waals surface area contributed by atoms with Gasteiger partial charge in [0.2, 0.25) is 0 Å². The first-order valence-electron chi connectivity index (χ1n) is 9.56. The van der Waals surface area contributed by atoms with Crippen molar-refractivity contribution in [3.63, 3.8) is 0 Å². The summed E-state index contributed by atoms with van der Waals surface area (Å²) in [6.07, 6.45) is 0. The number of pyridine rings is 1. The van der Waals surface area contributed by atoms with Crippen LogP contribution < -0.4 is 25.1 Å². The molecule has 28 heavy (non-hydrogen) atoms. The van der Waals surface area contributed by atoms with Gasteiger partial charge in [0.25, 0.3) is 5.56 Å². The number of aromatic amines is 1. The molecule has 0 bridgehead atoms. The largest absolute Gasteiger partial charge is 0.494 e. The average Bonchev–Trinajstić information content (AvgIpc) is 2.68. The molecular formula is C22H26N2O4. The summed E-state index contributed by atoms with van der Waals surface area (Å²) in [4.78, 5) is 15.4. The van der Waals surface area contributed by atoms with Crippen molar-refractivity contribution in [2.24, 2.45) is 0 Å². The Bertz CT molecular complexity index is 997. The molecule has 3 aromatic rings. The molecular weight excluding hydrogens is 356 g/mol. The van der Waals surface area contributed by atoms with E-state index in [-0.39, 0.29) is 5.56 Å². The van der Waals surface area contributed by atoms with Crippen LogP contribution in [0.4, 0.5) is 5.69 Å².